The molecular weight excluding hydrogens is 358 g/mol. The first-order valence-corrected chi connectivity index (χ1v) is 11.0. The third-order valence-corrected chi connectivity index (χ3v) is 7.31. The number of aryl methyl sites for hydroxylation is 1. The average Bonchev–Trinajstić information content (AvgIpc) is 2.94. The summed E-state index contributed by atoms with van der Waals surface area (Å²) in [6.07, 6.45) is 6.99. The molecule has 1 amide bonds. The molecule has 2 atom stereocenters. The maximum Gasteiger partial charge on any atom is 0.236 e. The molecule has 1 aromatic rings. The highest BCUT2D eigenvalue weighted by Crippen LogP contribution is 2.32. The Kier molecular flexibility index (Phi) is 6.16. The second-order valence-electron chi connectivity index (χ2n) is 6.88. The Balaban J connectivity index is 1.48. The predicted molar refractivity (Wildman–Crippen MR) is 107 cm³/mol. The van der Waals surface area contributed by atoms with Gasteiger partial charge in [-0.15, -0.1) is 11.3 Å². The Morgan fingerprint density at radius 2 is 2.25 bits per heavy atom. The number of amides is 1. The van der Waals surface area contributed by atoms with Crippen molar-refractivity contribution >= 4 is 50.7 Å². The maximum atomic E-state index is 12.2. The number of nitrogens with zero attached hydrogens (tertiary/aromatic N) is 2. The molecule has 1 aliphatic heterocycles. The van der Waals surface area contributed by atoms with E-state index in [-0.39, 0.29) is 5.91 Å². The molecule has 1 saturated heterocycles. The van der Waals surface area contributed by atoms with Crippen molar-refractivity contribution in [3.8, 4) is 0 Å². The number of carbonyl (C=O) groups is 1. The second-order valence-corrected chi connectivity index (χ2v) is 9.57. The van der Waals surface area contributed by atoms with E-state index < -0.39 is 0 Å². The summed E-state index contributed by atoms with van der Waals surface area (Å²) in [5.41, 5.74) is 1.18. The van der Waals surface area contributed by atoms with Gasteiger partial charge in [0, 0.05) is 17.5 Å². The van der Waals surface area contributed by atoms with Gasteiger partial charge in [0.1, 0.15) is 4.32 Å². The molecule has 132 valence electrons. The van der Waals surface area contributed by atoms with Crippen LogP contribution in [0.5, 0.6) is 0 Å². The van der Waals surface area contributed by atoms with Crippen LogP contribution in [0.25, 0.3) is 0 Å². The highest BCUT2D eigenvalue weighted by Gasteiger charge is 2.23. The average molecular weight is 384 g/mol. The molecule has 1 fully saturated rings. The number of piperidine rings is 1. The van der Waals surface area contributed by atoms with Crippen molar-refractivity contribution in [2.24, 2.45) is 5.92 Å². The van der Waals surface area contributed by atoms with E-state index in [0.29, 0.717) is 11.8 Å². The number of aromatic nitrogens is 1. The molecular formula is C17H25N3OS3. The van der Waals surface area contributed by atoms with Gasteiger partial charge < -0.3 is 10.2 Å². The molecule has 2 heterocycles. The Morgan fingerprint density at radius 3 is 3.04 bits per heavy atom. The number of hydrogen-bond acceptors (Lipinski definition) is 5. The summed E-state index contributed by atoms with van der Waals surface area (Å²) in [4.78, 5) is 20.4. The summed E-state index contributed by atoms with van der Waals surface area (Å²) in [6, 6.07) is 0.495. The van der Waals surface area contributed by atoms with E-state index in [1.165, 1.54) is 48.0 Å². The molecule has 0 aromatic carbocycles. The van der Waals surface area contributed by atoms with Crippen LogP contribution >= 0.6 is 35.3 Å². The van der Waals surface area contributed by atoms with Crippen molar-refractivity contribution in [2.75, 3.05) is 17.6 Å². The largest absolute Gasteiger partial charge is 0.355 e. The third-order valence-electron chi connectivity index (χ3n) is 4.80. The lowest BCUT2D eigenvalue weighted by Gasteiger charge is -2.34. The number of nitrogens with one attached hydrogen (secondary N) is 1. The summed E-state index contributed by atoms with van der Waals surface area (Å²) >= 11 is 8.62. The number of rotatable bonds is 3. The highest BCUT2D eigenvalue weighted by atomic mass is 32.2. The van der Waals surface area contributed by atoms with E-state index in [2.05, 4.69) is 29.0 Å². The SMILES string of the molecule is C[C@H]1CCc2nc(NC(=O)CSC(=S)N3CCCC[C@@H]3C)sc2C1. The Morgan fingerprint density at radius 1 is 1.42 bits per heavy atom. The Bertz CT molecular complexity index is 616. The molecule has 1 aliphatic carbocycles. The van der Waals surface area contributed by atoms with Crippen molar-refractivity contribution < 1.29 is 4.79 Å². The van der Waals surface area contributed by atoms with Crippen LogP contribution < -0.4 is 5.32 Å². The molecule has 0 spiro atoms. The lowest BCUT2D eigenvalue weighted by Crippen LogP contribution is -2.40. The zero-order chi connectivity index (χ0) is 17.1. The van der Waals surface area contributed by atoms with Crippen molar-refractivity contribution in [1.82, 2.24) is 9.88 Å². The number of fused-ring (bicyclic) bond motifs is 1. The van der Waals surface area contributed by atoms with Gasteiger partial charge in [0.2, 0.25) is 5.91 Å². The lowest BCUT2D eigenvalue weighted by atomic mass is 9.93. The minimum atomic E-state index is -0.00819. The fraction of sp³-hybridized carbons (Fsp3) is 0.706. The van der Waals surface area contributed by atoms with Gasteiger partial charge in [-0.2, -0.15) is 0 Å². The summed E-state index contributed by atoms with van der Waals surface area (Å²) in [5.74, 6) is 1.08. The van der Waals surface area contributed by atoms with Crippen molar-refractivity contribution in [2.45, 2.75) is 58.4 Å². The van der Waals surface area contributed by atoms with E-state index in [4.69, 9.17) is 12.2 Å². The molecule has 24 heavy (non-hydrogen) atoms. The van der Waals surface area contributed by atoms with Crippen LogP contribution in [-0.4, -0.2) is 38.5 Å². The quantitative estimate of drug-likeness (QED) is 0.796. The number of thiocarbonyl (C=S) groups is 1. The second kappa shape index (κ2) is 8.15. The first kappa shape index (κ1) is 18.1. The molecule has 0 unspecified atom stereocenters. The van der Waals surface area contributed by atoms with E-state index in [1.54, 1.807) is 11.3 Å². The molecule has 3 rings (SSSR count). The van der Waals surface area contributed by atoms with Crippen LogP contribution in [0.2, 0.25) is 0 Å². The molecule has 0 bridgehead atoms. The van der Waals surface area contributed by atoms with Crippen molar-refractivity contribution in [1.29, 1.82) is 0 Å². The van der Waals surface area contributed by atoms with Gasteiger partial charge in [0.05, 0.1) is 11.4 Å². The first-order chi connectivity index (χ1) is 11.5. The van der Waals surface area contributed by atoms with Gasteiger partial charge in [-0.3, -0.25) is 4.79 Å². The van der Waals surface area contributed by atoms with E-state index in [1.807, 2.05) is 0 Å². The van der Waals surface area contributed by atoms with Gasteiger partial charge in [0.15, 0.2) is 5.13 Å². The zero-order valence-electron chi connectivity index (χ0n) is 14.3. The van der Waals surface area contributed by atoms with Crippen LogP contribution in [0.3, 0.4) is 0 Å². The number of hydrogen-bond donors (Lipinski definition) is 1. The van der Waals surface area contributed by atoms with Gasteiger partial charge in [-0.25, -0.2) is 4.98 Å². The summed E-state index contributed by atoms with van der Waals surface area (Å²) in [6.45, 7) is 5.51. The molecule has 0 radical (unpaired) electrons. The number of carbonyl (C=O) groups excluding carboxylic acids is 1. The van der Waals surface area contributed by atoms with Gasteiger partial charge >= 0.3 is 0 Å². The molecule has 0 saturated carbocycles. The number of thioether (sulfide) groups is 1. The van der Waals surface area contributed by atoms with E-state index in [0.717, 1.165) is 34.8 Å². The monoisotopic (exact) mass is 383 g/mol. The molecule has 1 aromatic heterocycles. The van der Waals surface area contributed by atoms with Crippen LogP contribution in [-0.2, 0) is 17.6 Å². The Labute approximate surface area is 157 Å². The van der Waals surface area contributed by atoms with Crippen molar-refractivity contribution in [3.63, 3.8) is 0 Å². The molecule has 4 nitrogen and oxygen atoms in total. The van der Waals surface area contributed by atoms with Gasteiger partial charge in [-0.1, -0.05) is 30.9 Å². The minimum Gasteiger partial charge on any atom is -0.355 e. The smallest absolute Gasteiger partial charge is 0.236 e. The van der Waals surface area contributed by atoms with Gasteiger partial charge in [-0.05, 0) is 51.4 Å². The minimum absolute atomic E-state index is 0.00819. The van der Waals surface area contributed by atoms with Crippen LogP contribution in [0, 0.1) is 5.92 Å². The fourth-order valence-corrected chi connectivity index (χ4v) is 5.73. The Hall–Kier alpha value is -0.660. The third kappa shape index (κ3) is 4.49. The number of thiazole rings is 1. The predicted octanol–water partition coefficient (Wildman–Crippen LogP) is 4.10. The first-order valence-electron chi connectivity index (χ1n) is 8.74. The fourth-order valence-electron chi connectivity index (χ4n) is 3.33. The maximum absolute atomic E-state index is 12.2. The summed E-state index contributed by atoms with van der Waals surface area (Å²) < 4.78 is 0.851. The van der Waals surface area contributed by atoms with E-state index in [9.17, 15) is 4.79 Å². The normalized spacial score (nSPS) is 23.7. The molecule has 2 aliphatic rings. The topological polar surface area (TPSA) is 45.2 Å². The molecule has 7 heteroatoms. The number of likely N-dealkylation sites (tertiary alicyclic amines) is 1. The van der Waals surface area contributed by atoms with E-state index >= 15 is 0 Å². The summed E-state index contributed by atoms with van der Waals surface area (Å²) in [5, 5.41) is 3.70. The van der Waals surface area contributed by atoms with Gasteiger partial charge in [0.25, 0.3) is 0 Å². The van der Waals surface area contributed by atoms with Crippen LogP contribution in [0.1, 0.15) is 50.1 Å². The zero-order valence-corrected chi connectivity index (χ0v) is 16.8. The highest BCUT2D eigenvalue weighted by molar-refractivity contribution is 8.23. The number of anilines is 1. The van der Waals surface area contributed by atoms with Crippen LogP contribution in [0.15, 0.2) is 0 Å². The standard InChI is InChI=1S/C17H25N3OS3/c1-11-6-7-13-14(9-11)24-16(18-13)19-15(21)10-23-17(22)20-8-4-3-5-12(20)2/h11-12H,3-10H2,1-2H3,(H,18,19,21)/t11-,12-/m0/s1. The lowest BCUT2D eigenvalue weighted by molar-refractivity contribution is -0.113. The molecule has 1 N–H and O–H groups in total. The van der Waals surface area contributed by atoms with Crippen LogP contribution in [0.4, 0.5) is 5.13 Å². The van der Waals surface area contributed by atoms with Crippen molar-refractivity contribution in [3.05, 3.63) is 10.6 Å². The summed E-state index contributed by atoms with van der Waals surface area (Å²) in [7, 11) is 0.